The van der Waals surface area contributed by atoms with Crippen molar-refractivity contribution in [2.45, 2.75) is 90.5 Å². The summed E-state index contributed by atoms with van der Waals surface area (Å²) in [5.74, 6) is 0.943. The highest BCUT2D eigenvalue weighted by Crippen LogP contribution is 2.53. The van der Waals surface area contributed by atoms with Gasteiger partial charge in [0.05, 0.1) is 0 Å². The molecule has 0 aromatic carbocycles. The Morgan fingerprint density at radius 2 is 1.46 bits per heavy atom. The summed E-state index contributed by atoms with van der Waals surface area (Å²) in [5.41, 5.74) is 1.38. The molecule has 2 heterocycles. The Balaban J connectivity index is 0.00000144. The van der Waals surface area contributed by atoms with Crippen molar-refractivity contribution in [1.82, 2.24) is 10.6 Å². The Kier molecular flexibility index (Phi) is 9.39. The van der Waals surface area contributed by atoms with Crippen molar-refractivity contribution in [3.63, 3.8) is 0 Å². The second kappa shape index (κ2) is 10.00. The third-order valence-corrected chi connectivity index (χ3v) is 7.28. The molecule has 1 spiro atoms. The van der Waals surface area contributed by atoms with Gasteiger partial charge in [0, 0.05) is 12.6 Å². The van der Waals surface area contributed by atoms with Crippen molar-refractivity contribution in [2.24, 2.45) is 16.7 Å². The van der Waals surface area contributed by atoms with Crippen LogP contribution in [0, 0.1) is 16.7 Å². The van der Waals surface area contributed by atoms with E-state index in [-0.39, 0.29) is 24.8 Å². The molecule has 3 rings (SSSR count). The van der Waals surface area contributed by atoms with Gasteiger partial charge in [-0.05, 0) is 87.6 Å². The topological polar surface area (TPSA) is 24.1 Å². The molecule has 2 nitrogen and oxygen atoms in total. The van der Waals surface area contributed by atoms with Crippen LogP contribution in [0.1, 0.15) is 84.5 Å². The minimum atomic E-state index is 0. The normalized spacial score (nSPS) is 29.0. The Morgan fingerprint density at radius 3 is 2.00 bits per heavy atom. The number of nitrogens with one attached hydrogen (secondary N) is 2. The van der Waals surface area contributed by atoms with Crippen molar-refractivity contribution in [2.75, 3.05) is 19.6 Å². The maximum Gasteiger partial charge on any atom is 0.0102 e. The molecule has 0 radical (unpaired) electrons. The zero-order chi connectivity index (χ0) is 15.5. The average molecular weight is 379 g/mol. The molecular formula is C20H40Cl2N2. The molecule has 1 saturated carbocycles. The van der Waals surface area contributed by atoms with E-state index in [9.17, 15) is 0 Å². The van der Waals surface area contributed by atoms with Crippen molar-refractivity contribution in [1.29, 1.82) is 0 Å². The van der Waals surface area contributed by atoms with E-state index in [1.807, 2.05) is 0 Å². The summed E-state index contributed by atoms with van der Waals surface area (Å²) < 4.78 is 0. The van der Waals surface area contributed by atoms with Crippen LogP contribution in [0.4, 0.5) is 0 Å². The molecule has 24 heavy (non-hydrogen) atoms. The van der Waals surface area contributed by atoms with Gasteiger partial charge in [0.1, 0.15) is 0 Å². The number of hydrogen-bond donors (Lipinski definition) is 2. The molecule has 1 atom stereocenters. The van der Waals surface area contributed by atoms with E-state index in [1.165, 1.54) is 90.3 Å². The maximum atomic E-state index is 3.95. The third kappa shape index (κ3) is 5.02. The summed E-state index contributed by atoms with van der Waals surface area (Å²) in [6.45, 7) is 8.56. The fraction of sp³-hybridized carbons (Fsp3) is 1.00. The number of rotatable bonds is 5. The Hall–Kier alpha value is 0.500. The van der Waals surface area contributed by atoms with Gasteiger partial charge >= 0.3 is 0 Å². The lowest BCUT2D eigenvalue weighted by molar-refractivity contribution is 0.0688. The lowest BCUT2D eigenvalue weighted by Crippen LogP contribution is -2.38. The molecule has 4 heteroatoms. The van der Waals surface area contributed by atoms with E-state index < -0.39 is 0 Å². The minimum absolute atomic E-state index is 0. The van der Waals surface area contributed by atoms with Crippen molar-refractivity contribution in [3.05, 3.63) is 0 Å². The van der Waals surface area contributed by atoms with Crippen LogP contribution in [0.5, 0.6) is 0 Å². The Morgan fingerprint density at radius 1 is 0.875 bits per heavy atom. The summed E-state index contributed by atoms with van der Waals surface area (Å²) in [5, 5.41) is 7.47. The van der Waals surface area contributed by atoms with Gasteiger partial charge in [-0.2, -0.15) is 0 Å². The van der Waals surface area contributed by atoms with Gasteiger partial charge in [-0.1, -0.05) is 26.7 Å². The van der Waals surface area contributed by atoms with Crippen LogP contribution in [0.2, 0.25) is 0 Å². The molecular weight excluding hydrogens is 339 g/mol. The fourth-order valence-corrected chi connectivity index (χ4v) is 5.92. The second-order valence-electron chi connectivity index (χ2n) is 8.78. The summed E-state index contributed by atoms with van der Waals surface area (Å²) in [6.07, 6.45) is 16.0. The van der Waals surface area contributed by atoms with E-state index in [2.05, 4.69) is 24.5 Å². The molecule has 1 unspecified atom stereocenters. The third-order valence-electron chi connectivity index (χ3n) is 7.28. The summed E-state index contributed by atoms with van der Waals surface area (Å²) in [7, 11) is 0. The van der Waals surface area contributed by atoms with E-state index in [1.54, 1.807) is 0 Å². The summed E-state index contributed by atoms with van der Waals surface area (Å²) in [4.78, 5) is 0. The zero-order valence-corrected chi connectivity index (χ0v) is 17.5. The SMILES string of the molecule is CCCC1(CCC)CCC2(CC1)CNC(C1CCNCC1)C2.Cl.Cl. The molecule has 0 amide bonds. The number of halogens is 2. The molecule has 2 saturated heterocycles. The number of hydrogen-bond acceptors (Lipinski definition) is 2. The standard InChI is InChI=1S/C20H38N2.2ClH/c1-3-7-19(8-4-2)9-11-20(12-10-19)15-18(22-16-20)17-5-13-21-14-6-17;;/h17-18,21-22H,3-16H2,1-2H3;2*1H. The van der Waals surface area contributed by atoms with Gasteiger partial charge < -0.3 is 10.6 Å². The van der Waals surface area contributed by atoms with Crippen molar-refractivity contribution in [3.8, 4) is 0 Å². The molecule has 0 aromatic heterocycles. The molecule has 1 aliphatic carbocycles. The van der Waals surface area contributed by atoms with Crippen molar-refractivity contribution < 1.29 is 0 Å². The van der Waals surface area contributed by atoms with Gasteiger partial charge in [-0.25, -0.2) is 0 Å². The lowest BCUT2D eigenvalue weighted by Gasteiger charge is -2.45. The van der Waals surface area contributed by atoms with E-state index in [4.69, 9.17) is 0 Å². The first-order valence-corrected chi connectivity index (χ1v) is 10.2. The van der Waals surface area contributed by atoms with Crippen LogP contribution < -0.4 is 10.6 Å². The van der Waals surface area contributed by atoms with Crippen LogP contribution in [0.3, 0.4) is 0 Å². The highest BCUT2D eigenvalue weighted by molar-refractivity contribution is 5.85. The van der Waals surface area contributed by atoms with Gasteiger partial charge in [-0.3, -0.25) is 0 Å². The lowest BCUT2D eigenvalue weighted by atomic mass is 9.60. The first kappa shape index (κ1) is 22.5. The number of piperidine rings is 1. The smallest absolute Gasteiger partial charge is 0.0102 e. The Labute approximate surface area is 162 Å². The van der Waals surface area contributed by atoms with E-state index >= 15 is 0 Å². The zero-order valence-electron chi connectivity index (χ0n) is 15.9. The molecule has 3 aliphatic rings. The van der Waals surface area contributed by atoms with E-state index in [0.29, 0.717) is 10.8 Å². The van der Waals surface area contributed by atoms with Crippen LogP contribution in [-0.2, 0) is 0 Å². The minimum Gasteiger partial charge on any atom is -0.317 e. The molecule has 0 bridgehead atoms. The van der Waals surface area contributed by atoms with Crippen LogP contribution >= 0.6 is 24.8 Å². The first-order valence-electron chi connectivity index (χ1n) is 10.2. The predicted octanol–water partition coefficient (Wildman–Crippen LogP) is 5.34. The van der Waals surface area contributed by atoms with Gasteiger partial charge in [0.2, 0.25) is 0 Å². The van der Waals surface area contributed by atoms with E-state index in [0.717, 1.165) is 12.0 Å². The second-order valence-corrected chi connectivity index (χ2v) is 8.78. The maximum absolute atomic E-state index is 3.95. The summed E-state index contributed by atoms with van der Waals surface area (Å²) in [6, 6.07) is 0.826. The summed E-state index contributed by atoms with van der Waals surface area (Å²) >= 11 is 0. The van der Waals surface area contributed by atoms with Crippen LogP contribution in [0.15, 0.2) is 0 Å². The molecule has 2 N–H and O–H groups in total. The molecule has 3 fully saturated rings. The Bertz CT molecular complexity index is 340. The van der Waals surface area contributed by atoms with Crippen LogP contribution in [-0.4, -0.2) is 25.7 Å². The monoisotopic (exact) mass is 378 g/mol. The highest BCUT2D eigenvalue weighted by atomic mass is 35.5. The highest BCUT2D eigenvalue weighted by Gasteiger charge is 2.46. The first-order chi connectivity index (χ1) is 10.7. The largest absolute Gasteiger partial charge is 0.317 e. The van der Waals surface area contributed by atoms with Crippen LogP contribution in [0.25, 0.3) is 0 Å². The van der Waals surface area contributed by atoms with Gasteiger partial charge in [0.25, 0.3) is 0 Å². The predicted molar refractivity (Wildman–Crippen MR) is 110 cm³/mol. The average Bonchev–Trinajstić information content (AvgIpc) is 2.97. The fourth-order valence-electron chi connectivity index (χ4n) is 5.92. The van der Waals surface area contributed by atoms with Crippen molar-refractivity contribution >= 4 is 24.8 Å². The molecule has 0 aromatic rings. The van der Waals surface area contributed by atoms with Gasteiger partial charge in [0.15, 0.2) is 0 Å². The van der Waals surface area contributed by atoms with Gasteiger partial charge in [-0.15, -0.1) is 24.8 Å². The molecule has 2 aliphatic heterocycles. The molecule has 144 valence electrons. The quantitative estimate of drug-likeness (QED) is 0.674.